The van der Waals surface area contributed by atoms with Crippen LogP contribution in [0.2, 0.25) is 0 Å². The summed E-state index contributed by atoms with van der Waals surface area (Å²) in [5.41, 5.74) is 0.375. The average molecular weight is 347 g/mol. The van der Waals surface area contributed by atoms with Gasteiger partial charge in [-0.3, -0.25) is 14.4 Å². The molecule has 0 aromatic heterocycles. The van der Waals surface area contributed by atoms with Crippen molar-refractivity contribution in [2.45, 2.75) is 44.2 Å². The second-order valence-electron chi connectivity index (χ2n) is 6.72. The Labute approximate surface area is 146 Å². The molecule has 2 unspecified atom stereocenters. The zero-order valence-corrected chi connectivity index (χ0v) is 14.2. The van der Waals surface area contributed by atoms with E-state index < -0.39 is 5.82 Å². The van der Waals surface area contributed by atoms with E-state index >= 15 is 0 Å². The standard InChI is InChI=1S/C18H22FN3O3/c1-21-11-15-6-5-14(10-18(21)25)22(15)17(24)8-7-16(23)20-13-4-2-3-12(19)9-13/h2-4,9,14-15H,5-8,10-11H2,1H3,(H,20,23). The molecule has 2 bridgehead atoms. The summed E-state index contributed by atoms with van der Waals surface area (Å²) in [4.78, 5) is 40.0. The number of likely N-dealkylation sites (N-methyl/N-ethyl adjacent to an activating group) is 1. The molecule has 1 N–H and O–H groups in total. The van der Waals surface area contributed by atoms with E-state index in [2.05, 4.69) is 5.32 Å². The van der Waals surface area contributed by atoms with Crippen LogP contribution in [0.25, 0.3) is 0 Å². The maximum Gasteiger partial charge on any atom is 0.224 e. The Kier molecular flexibility index (Phi) is 5.01. The zero-order valence-electron chi connectivity index (χ0n) is 14.2. The zero-order chi connectivity index (χ0) is 18.0. The van der Waals surface area contributed by atoms with Crippen molar-refractivity contribution in [2.75, 3.05) is 18.9 Å². The van der Waals surface area contributed by atoms with Crippen LogP contribution in [0.15, 0.2) is 24.3 Å². The molecule has 1 aromatic rings. The Morgan fingerprint density at radius 1 is 1.24 bits per heavy atom. The Bertz CT molecular complexity index is 694. The number of benzene rings is 1. The number of carbonyl (C=O) groups excluding carboxylic acids is 3. The number of halogens is 1. The molecule has 3 rings (SSSR count). The van der Waals surface area contributed by atoms with Crippen LogP contribution in [0.4, 0.5) is 10.1 Å². The lowest BCUT2D eigenvalue weighted by atomic mass is 10.1. The number of hydrogen-bond acceptors (Lipinski definition) is 3. The van der Waals surface area contributed by atoms with E-state index in [4.69, 9.17) is 0 Å². The summed E-state index contributed by atoms with van der Waals surface area (Å²) in [6, 6.07) is 5.63. The summed E-state index contributed by atoms with van der Waals surface area (Å²) < 4.78 is 13.1. The molecular weight excluding hydrogens is 325 g/mol. The van der Waals surface area contributed by atoms with Gasteiger partial charge in [0.1, 0.15) is 5.82 Å². The average Bonchev–Trinajstić information content (AvgIpc) is 2.89. The smallest absolute Gasteiger partial charge is 0.224 e. The van der Waals surface area contributed by atoms with Crippen molar-refractivity contribution in [3.63, 3.8) is 0 Å². The summed E-state index contributed by atoms with van der Waals surface area (Å²) in [6.45, 7) is 0.552. The molecule has 1 aromatic carbocycles. The van der Waals surface area contributed by atoms with Gasteiger partial charge in [-0.05, 0) is 31.0 Å². The topological polar surface area (TPSA) is 69.7 Å². The van der Waals surface area contributed by atoms with Crippen LogP contribution < -0.4 is 5.32 Å². The van der Waals surface area contributed by atoms with Gasteiger partial charge in [0.15, 0.2) is 0 Å². The number of hydrogen-bond donors (Lipinski definition) is 1. The van der Waals surface area contributed by atoms with Gasteiger partial charge in [-0.15, -0.1) is 0 Å². The molecule has 2 aliphatic heterocycles. The number of nitrogens with zero attached hydrogens (tertiary/aromatic N) is 2. The lowest BCUT2D eigenvalue weighted by Crippen LogP contribution is -2.42. The Balaban J connectivity index is 1.55. The first-order valence-corrected chi connectivity index (χ1v) is 8.54. The molecule has 2 saturated heterocycles. The molecule has 0 saturated carbocycles. The van der Waals surface area contributed by atoms with Crippen molar-refractivity contribution in [2.24, 2.45) is 0 Å². The molecular formula is C18H22FN3O3. The van der Waals surface area contributed by atoms with Gasteiger partial charge in [-0.1, -0.05) is 6.07 Å². The highest BCUT2D eigenvalue weighted by atomic mass is 19.1. The van der Waals surface area contributed by atoms with Crippen molar-refractivity contribution in [1.82, 2.24) is 9.80 Å². The van der Waals surface area contributed by atoms with Crippen LogP contribution in [0.1, 0.15) is 32.1 Å². The van der Waals surface area contributed by atoms with Crippen LogP contribution >= 0.6 is 0 Å². The Morgan fingerprint density at radius 2 is 2.00 bits per heavy atom. The molecule has 3 amide bonds. The maximum absolute atomic E-state index is 13.1. The molecule has 2 atom stereocenters. The highest BCUT2D eigenvalue weighted by Gasteiger charge is 2.41. The SMILES string of the molecule is CN1CC2CCC(CC1=O)N2C(=O)CCC(=O)Nc1cccc(F)c1. The van der Waals surface area contributed by atoms with Crippen LogP contribution in [-0.2, 0) is 14.4 Å². The fourth-order valence-corrected chi connectivity index (χ4v) is 3.66. The highest BCUT2D eigenvalue weighted by Crippen LogP contribution is 2.31. The van der Waals surface area contributed by atoms with E-state index in [0.29, 0.717) is 18.7 Å². The number of anilines is 1. The van der Waals surface area contributed by atoms with Gasteiger partial charge < -0.3 is 15.1 Å². The first-order chi connectivity index (χ1) is 11.9. The minimum atomic E-state index is -0.427. The van der Waals surface area contributed by atoms with Gasteiger partial charge in [0.2, 0.25) is 17.7 Å². The van der Waals surface area contributed by atoms with E-state index in [0.717, 1.165) is 12.8 Å². The molecule has 134 valence electrons. The van der Waals surface area contributed by atoms with Gasteiger partial charge in [0.05, 0.1) is 0 Å². The molecule has 2 aliphatic rings. The number of carbonyl (C=O) groups is 3. The predicted molar refractivity (Wildman–Crippen MR) is 90.2 cm³/mol. The Morgan fingerprint density at radius 3 is 2.76 bits per heavy atom. The summed E-state index contributed by atoms with van der Waals surface area (Å²) in [5.74, 6) is -0.781. The molecule has 2 fully saturated rings. The lowest BCUT2D eigenvalue weighted by Gasteiger charge is -2.28. The van der Waals surface area contributed by atoms with E-state index in [1.54, 1.807) is 22.9 Å². The summed E-state index contributed by atoms with van der Waals surface area (Å²) in [7, 11) is 1.76. The summed E-state index contributed by atoms with van der Waals surface area (Å²) >= 11 is 0. The van der Waals surface area contributed by atoms with Gasteiger partial charge in [-0.2, -0.15) is 0 Å². The van der Waals surface area contributed by atoms with Crippen LogP contribution in [-0.4, -0.2) is 53.2 Å². The molecule has 0 spiro atoms. The van der Waals surface area contributed by atoms with Gasteiger partial charge >= 0.3 is 0 Å². The monoisotopic (exact) mass is 347 g/mol. The maximum atomic E-state index is 13.1. The van der Waals surface area contributed by atoms with Gasteiger partial charge in [-0.25, -0.2) is 4.39 Å². The van der Waals surface area contributed by atoms with Crippen molar-refractivity contribution in [3.05, 3.63) is 30.1 Å². The quantitative estimate of drug-likeness (QED) is 0.902. The third-order valence-corrected chi connectivity index (χ3v) is 4.90. The molecule has 0 aliphatic carbocycles. The normalized spacial score (nSPS) is 22.7. The Hall–Kier alpha value is -2.44. The number of nitrogens with one attached hydrogen (secondary N) is 1. The molecule has 7 heteroatoms. The molecule has 0 radical (unpaired) electrons. The minimum absolute atomic E-state index is 0.0368. The van der Waals surface area contributed by atoms with E-state index in [9.17, 15) is 18.8 Å². The summed E-state index contributed by atoms with van der Waals surface area (Å²) in [6.07, 6.45) is 2.21. The first-order valence-electron chi connectivity index (χ1n) is 8.54. The van der Waals surface area contributed by atoms with Crippen LogP contribution in [0.3, 0.4) is 0 Å². The molecule has 6 nitrogen and oxygen atoms in total. The third-order valence-electron chi connectivity index (χ3n) is 4.90. The second-order valence-corrected chi connectivity index (χ2v) is 6.72. The van der Waals surface area contributed by atoms with Crippen molar-refractivity contribution < 1.29 is 18.8 Å². The first kappa shape index (κ1) is 17.4. The fraction of sp³-hybridized carbons (Fsp3) is 0.500. The largest absolute Gasteiger partial charge is 0.344 e. The predicted octanol–water partition coefficient (Wildman–Crippen LogP) is 1.77. The van der Waals surface area contributed by atoms with Crippen molar-refractivity contribution in [1.29, 1.82) is 0 Å². The van der Waals surface area contributed by atoms with Crippen molar-refractivity contribution >= 4 is 23.4 Å². The van der Waals surface area contributed by atoms with E-state index in [-0.39, 0.29) is 42.6 Å². The number of likely N-dealkylation sites (tertiary alicyclic amines) is 1. The van der Waals surface area contributed by atoms with E-state index in [1.807, 2.05) is 0 Å². The van der Waals surface area contributed by atoms with Crippen LogP contribution in [0.5, 0.6) is 0 Å². The summed E-state index contributed by atoms with van der Waals surface area (Å²) in [5, 5.41) is 2.59. The lowest BCUT2D eigenvalue weighted by molar-refractivity contribution is -0.135. The number of amides is 3. The van der Waals surface area contributed by atoms with Gasteiger partial charge in [0, 0.05) is 50.6 Å². The van der Waals surface area contributed by atoms with Crippen molar-refractivity contribution in [3.8, 4) is 0 Å². The highest BCUT2D eigenvalue weighted by molar-refractivity contribution is 5.93. The van der Waals surface area contributed by atoms with Gasteiger partial charge in [0.25, 0.3) is 0 Å². The number of fused-ring (bicyclic) bond motifs is 2. The minimum Gasteiger partial charge on any atom is -0.344 e. The second kappa shape index (κ2) is 7.21. The van der Waals surface area contributed by atoms with Crippen LogP contribution in [0, 0.1) is 5.82 Å². The number of rotatable bonds is 4. The molecule has 25 heavy (non-hydrogen) atoms. The third kappa shape index (κ3) is 3.97. The van der Waals surface area contributed by atoms with E-state index in [1.165, 1.54) is 18.2 Å². The fourth-order valence-electron chi connectivity index (χ4n) is 3.66. The molecule has 2 heterocycles.